The summed E-state index contributed by atoms with van der Waals surface area (Å²) in [7, 11) is 0. The van der Waals surface area contributed by atoms with E-state index < -0.39 is 4.92 Å². The number of hydrogen-bond donors (Lipinski definition) is 1. The van der Waals surface area contributed by atoms with Crippen molar-refractivity contribution in [3.8, 4) is 0 Å². The Bertz CT molecular complexity index is 611. The van der Waals surface area contributed by atoms with Gasteiger partial charge in [-0.25, -0.2) is 0 Å². The van der Waals surface area contributed by atoms with Crippen molar-refractivity contribution < 1.29 is 19.2 Å². The third-order valence-corrected chi connectivity index (χ3v) is 3.97. The van der Waals surface area contributed by atoms with Gasteiger partial charge in [0, 0.05) is 30.9 Å². The van der Waals surface area contributed by atoms with Gasteiger partial charge in [-0.2, -0.15) is 0 Å². The predicted molar refractivity (Wildman–Crippen MR) is 87.5 cm³/mol. The highest BCUT2D eigenvalue weighted by atomic mass is 16.6. The standard InChI is InChI=1S/C16H21N3O5/c1-2-24-16(21)12-6-8-18(9-7-12)15(20)11-17-13-4-3-5-14(10-13)19(22)23/h3-5,10,12,17H,2,6-9,11H2,1H3. The molecule has 0 atom stereocenters. The van der Waals surface area contributed by atoms with Crippen LogP contribution in [-0.2, 0) is 14.3 Å². The Hall–Kier alpha value is -2.64. The van der Waals surface area contributed by atoms with Crippen LogP contribution in [0.2, 0.25) is 0 Å². The Kier molecular flexibility index (Phi) is 6.11. The van der Waals surface area contributed by atoms with E-state index in [1.807, 2.05) is 0 Å². The first-order valence-corrected chi connectivity index (χ1v) is 7.94. The molecule has 0 saturated carbocycles. The molecule has 1 amide bonds. The van der Waals surface area contributed by atoms with E-state index in [1.54, 1.807) is 24.0 Å². The summed E-state index contributed by atoms with van der Waals surface area (Å²) in [4.78, 5) is 35.8. The molecular formula is C16H21N3O5. The number of esters is 1. The predicted octanol–water partition coefficient (Wildman–Crippen LogP) is 1.81. The molecule has 1 aliphatic heterocycles. The summed E-state index contributed by atoms with van der Waals surface area (Å²) in [5, 5.41) is 13.6. The molecule has 1 aromatic rings. The summed E-state index contributed by atoms with van der Waals surface area (Å²) >= 11 is 0. The number of anilines is 1. The molecule has 24 heavy (non-hydrogen) atoms. The van der Waals surface area contributed by atoms with Gasteiger partial charge >= 0.3 is 5.97 Å². The number of non-ortho nitro benzene ring substituents is 1. The summed E-state index contributed by atoms with van der Waals surface area (Å²) < 4.78 is 5.00. The van der Waals surface area contributed by atoms with E-state index >= 15 is 0 Å². The van der Waals surface area contributed by atoms with Crippen molar-refractivity contribution in [1.82, 2.24) is 4.90 Å². The van der Waals surface area contributed by atoms with Crippen LogP contribution in [-0.4, -0.2) is 47.9 Å². The van der Waals surface area contributed by atoms with Crippen LogP contribution in [0.3, 0.4) is 0 Å². The first-order chi connectivity index (χ1) is 11.5. The Morgan fingerprint density at radius 3 is 2.71 bits per heavy atom. The maximum Gasteiger partial charge on any atom is 0.309 e. The number of benzene rings is 1. The van der Waals surface area contributed by atoms with Crippen molar-refractivity contribution in [3.05, 3.63) is 34.4 Å². The van der Waals surface area contributed by atoms with Gasteiger partial charge in [0.15, 0.2) is 0 Å². The molecule has 0 spiro atoms. The molecular weight excluding hydrogens is 314 g/mol. The highest BCUT2D eigenvalue weighted by molar-refractivity contribution is 5.81. The van der Waals surface area contributed by atoms with E-state index in [0.717, 1.165) is 0 Å². The van der Waals surface area contributed by atoms with Crippen molar-refractivity contribution in [1.29, 1.82) is 0 Å². The lowest BCUT2D eigenvalue weighted by Crippen LogP contribution is -2.43. The summed E-state index contributed by atoms with van der Waals surface area (Å²) in [5.41, 5.74) is 0.502. The SMILES string of the molecule is CCOC(=O)C1CCN(C(=O)CNc2cccc([N+](=O)[O-])c2)CC1. The molecule has 1 aromatic carbocycles. The molecule has 0 radical (unpaired) electrons. The van der Waals surface area contributed by atoms with Crippen LogP contribution in [0.1, 0.15) is 19.8 Å². The van der Waals surface area contributed by atoms with Crippen LogP contribution >= 0.6 is 0 Å². The molecule has 1 fully saturated rings. The fourth-order valence-corrected chi connectivity index (χ4v) is 2.64. The minimum absolute atomic E-state index is 0.0253. The number of nitro benzene ring substituents is 1. The van der Waals surface area contributed by atoms with E-state index in [1.165, 1.54) is 12.1 Å². The lowest BCUT2D eigenvalue weighted by Gasteiger charge is -2.31. The van der Waals surface area contributed by atoms with Gasteiger partial charge < -0.3 is 15.0 Å². The normalized spacial score (nSPS) is 15.0. The first kappa shape index (κ1) is 17.7. The number of rotatable bonds is 6. The Morgan fingerprint density at radius 1 is 1.38 bits per heavy atom. The van der Waals surface area contributed by atoms with Crippen molar-refractivity contribution in [2.75, 3.05) is 31.6 Å². The summed E-state index contributed by atoms with van der Waals surface area (Å²) in [6, 6.07) is 6.02. The number of amides is 1. The lowest BCUT2D eigenvalue weighted by molar-refractivity contribution is -0.384. The van der Waals surface area contributed by atoms with E-state index in [2.05, 4.69) is 5.32 Å². The van der Waals surface area contributed by atoms with Gasteiger partial charge in [-0.15, -0.1) is 0 Å². The molecule has 0 aromatic heterocycles. The number of nitro groups is 1. The van der Waals surface area contributed by atoms with Crippen LogP contribution in [0.4, 0.5) is 11.4 Å². The number of ether oxygens (including phenoxy) is 1. The third-order valence-electron chi connectivity index (χ3n) is 3.97. The maximum absolute atomic E-state index is 12.2. The lowest BCUT2D eigenvalue weighted by atomic mass is 9.97. The zero-order chi connectivity index (χ0) is 17.5. The molecule has 1 aliphatic rings. The quantitative estimate of drug-likeness (QED) is 0.483. The first-order valence-electron chi connectivity index (χ1n) is 7.94. The smallest absolute Gasteiger partial charge is 0.309 e. The van der Waals surface area contributed by atoms with Gasteiger partial charge in [-0.1, -0.05) is 6.07 Å². The number of nitrogens with zero attached hydrogens (tertiary/aromatic N) is 2. The number of hydrogen-bond acceptors (Lipinski definition) is 6. The largest absolute Gasteiger partial charge is 0.466 e. The van der Waals surface area contributed by atoms with Crippen molar-refractivity contribution in [2.24, 2.45) is 5.92 Å². The zero-order valence-corrected chi connectivity index (χ0v) is 13.6. The van der Waals surface area contributed by atoms with Gasteiger partial charge in [0.1, 0.15) is 0 Å². The molecule has 1 saturated heterocycles. The second-order valence-corrected chi connectivity index (χ2v) is 5.57. The number of carbonyl (C=O) groups is 2. The third kappa shape index (κ3) is 4.68. The molecule has 8 heteroatoms. The highest BCUT2D eigenvalue weighted by Crippen LogP contribution is 2.20. The fourth-order valence-electron chi connectivity index (χ4n) is 2.64. The molecule has 130 valence electrons. The summed E-state index contributed by atoms with van der Waals surface area (Å²) in [5.74, 6) is -0.429. The summed E-state index contributed by atoms with van der Waals surface area (Å²) in [6.07, 6.45) is 1.20. The van der Waals surface area contributed by atoms with Crippen molar-refractivity contribution in [2.45, 2.75) is 19.8 Å². The van der Waals surface area contributed by atoms with Gasteiger partial charge in [-0.3, -0.25) is 19.7 Å². The maximum atomic E-state index is 12.2. The average molecular weight is 335 g/mol. The Labute approximate surface area is 139 Å². The number of likely N-dealkylation sites (tertiary alicyclic amines) is 1. The van der Waals surface area contributed by atoms with E-state index in [0.29, 0.717) is 38.2 Å². The van der Waals surface area contributed by atoms with E-state index in [4.69, 9.17) is 4.74 Å². The second kappa shape index (κ2) is 8.28. The molecule has 1 N–H and O–H groups in total. The Morgan fingerprint density at radius 2 is 2.08 bits per heavy atom. The second-order valence-electron chi connectivity index (χ2n) is 5.57. The van der Waals surface area contributed by atoms with Crippen LogP contribution < -0.4 is 5.32 Å². The molecule has 0 aliphatic carbocycles. The Balaban J connectivity index is 1.81. The number of nitrogens with one attached hydrogen (secondary N) is 1. The molecule has 2 rings (SSSR count). The molecule has 1 heterocycles. The molecule has 8 nitrogen and oxygen atoms in total. The van der Waals surface area contributed by atoms with Crippen molar-refractivity contribution >= 4 is 23.3 Å². The summed E-state index contributed by atoms with van der Waals surface area (Å²) in [6.45, 7) is 3.23. The van der Waals surface area contributed by atoms with Gasteiger partial charge in [0.25, 0.3) is 5.69 Å². The van der Waals surface area contributed by atoms with Crippen molar-refractivity contribution in [3.63, 3.8) is 0 Å². The minimum atomic E-state index is -0.479. The monoisotopic (exact) mass is 335 g/mol. The number of carbonyl (C=O) groups excluding carboxylic acids is 2. The van der Waals surface area contributed by atoms with Crippen LogP contribution in [0.25, 0.3) is 0 Å². The molecule has 0 bridgehead atoms. The topological polar surface area (TPSA) is 102 Å². The average Bonchev–Trinajstić information content (AvgIpc) is 2.60. The van der Waals surface area contributed by atoms with Gasteiger partial charge in [0.05, 0.1) is 24.0 Å². The van der Waals surface area contributed by atoms with Gasteiger partial charge in [0.2, 0.25) is 5.91 Å². The van der Waals surface area contributed by atoms with Crippen LogP contribution in [0.15, 0.2) is 24.3 Å². The highest BCUT2D eigenvalue weighted by Gasteiger charge is 2.27. The van der Waals surface area contributed by atoms with E-state index in [9.17, 15) is 19.7 Å². The van der Waals surface area contributed by atoms with Gasteiger partial charge in [-0.05, 0) is 25.8 Å². The minimum Gasteiger partial charge on any atom is -0.466 e. The number of piperidine rings is 1. The zero-order valence-electron chi connectivity index (χ0n) is 13.6. The fraction of sp³-hybridized carbons (Fsp3) is 0.500. The molecule has 0 unspecified atom stereocenters. The van der Waals surface area contributed by atoms with Crippen LogP contribution in [0, 0.1) is 16.0 Å². The van der Waals surface area contributed by atoms with E-state index in [-0.39, 0.29) is 30.0 Å². The van der Waals surface area contributed by atoms with Crippen LogP contribution in [0.5, 0.6) is 0 Å².